The zero-order valence-electron chi connectivity index (χ0n) is 32.5. The monoisotopic (exact) mass is 797 g/mol. The molecule has 0 aliphatic heterocycles. The molecule has 0 unspecified atom stereocenters. The molecule has 21 heteroatoms. The van der Waals surface area contributed by atoms with Gasteiger partial charge in [-0.2, -0.15) is 0 Å². The molecule has 0 heterocycles. The molecule has 0 aromatic heterocycles. The Kier molecular flexibility index (Phi) is 32.7. The summed E-state index contributed by atoms with van der Waals surface area (Å²) in [4.78, 5) is 69.9. The predicted octanol–water partition coefficient (Wildman–Crippen LogP) is -2.49. The molecule has 1 atom stereocenters. The number of carbonyl (C=O) groups excluding carboxylic acids is 5. The van der Waals surface area contributed by atoms with E-state index >= 15 is 0 Å². The van der Waals surface area contributed by atoms with Crippen molar-refractivity contribution < 1.29 is 76.5 Å². The van der Waals surface area contributed by atoms with Crippen LogP contribution in [-0.4, -0.2) is 184 Å². The molecule has 4 amide bonds. The van der Waals surface area contributed by atoms with Crippen LogP contribution in [0, 0.1) is 0 Å². The standard InChI is InChI=1S/C34H63N5O16/c1-34(2,3)55-32(45)5-4-27(35)33(46)39-26-30(42)38-25-29(41)37-24-28(40)36-7-9-48-11-13-50-15-17-52-19-21-54-23-22-53-20-18-51-16-14-49-12-10-47-8-6-31(43)44/h27H,4-26,35H2,1-3H3,(H,36,40)(H,37,41)(H,38,42)(H,39,46)(H,43,44)/t27-/m0/s1. The second-order valence-electron chi connectivity index (χ2n) is 12.4. The number of carboxylic acid groups (broad SMARTS) is 1. The first-order chi connectivity index (χ1) is 26.3. The van der Waals surface area contributed by atoms with E-state index in [0.29, 0.717) is 92.5 Å². The van der Waals surface area contributed by atoms with Crippen LogP contribution in [0.4, 0.5) is 0 Å². The molecule has 320 valence electrons. The van der Waals surface area contributed by atoms with Gasteiger partial charge in [-0.3, -0.25) is 28.8 Å². The maximum absolute atomic E-state index is 12.0. The first-order valence-electron chi connectivity index (χ1n) is 18.2. The van der Waals surface area contributed by atoms with E-state index < -0.39 is 60.3 Å². The average molecular weight is 798 g/mol. The Morgan fingerprint density at radius 1 is 0.509 bits per heavy atom. The Morgan fingerprint density at radius 3 is 1.24 bits per heavy atom. The predicted molar refractivity (Wildman–Crippen MR) is 194 cm³/mol. The Hall–Kier alpha value is -3.54. The Balaban J connectivity index is 3.47. The molecule has 0 aromatic rings. The maximum Gasteiger partial charge on any atom is 0.306 e. The molecular formula is C34H63N5O16. The minimum atomic E-state index is -1.01. The van der Waals surface area contributed by atoms with Gasteiger partial charge in [-0.25, -0.2) is 0 Å². The third-order valence-electron chi connectivity index (χ3n) is 6.36. The van der Waals surface area contributed by atoms with Crippen molar-refractivity contribution in [3.8, 4) is 0 Å². The van der Waals surface area contributed by atoms with Crippen molar-refractivity contribution in [2.45, 2.75) is 51.7 Å². The van der Waals surface area contributed by atoms with Gasteiger partial charge in [0.05, 0.1) is 138 Å². The highest BCUT2D eigenvalue weighted by molar-refractivity contribution is 5.90. The smallest absolute Gasteiger partial charge is 0.306 e. The van der Waals surface area contributed by atoms with Crippen LogP contribution in [0.15, 0.2) is 0 Å². The number of hydrogen-bond acceptors (Lipinski definition) is 16. The normalized spacial score (nSPS) is 11.8. The maximum atomic E-state index is 12.0. The Labute approximate surface area is 322 Å². The molecule has 0 saturated carbocycles. The lowest BCUT2D eigenvalue weighted by Gasteiger charge is -2.20. The molecule has 0 rings (SSSR count). The Bertz CT molecular complexity index is 1060. The summed E-state index contributed by atoms with van der Waals surface area (Å²) in [5, 5.41) is 18.1. The summed E-state index contributed by atoms with van der Waals surface area (Å²) in [6.07, 6.45) is -0.0359. The molecule has 0 aliphatic carbocycles. The SMILES string of the molecule is CC(C)(C)OC(=O)CC[C@H](N)C(=O)NCC(=O)NCC(=O)NCC(=O)NCCOCCOCCOCCOCCOCCOCCOCCOCCC(=O)O. The van der Waals surface area contributed by atoms with Crippen molar-refractivity contribution in [1.82, 2.24) is 21.3 Å². The lowest BCUT2D eigenvalue weighted by molar-refractivity contribution is -0.155. The topological polar surface area (TPSA) is 280 Å². The largest absolute Gasteiger partial charge is 0.481 e. The van der Waals surface area contributed by atoms with E-state index in [1.807, 2.05) is 0 Å². The summed E-state index contributed by atoms with van der Waals surface area (Å²) in [6.45, 7) is 10.3. The van der Waals surface area contributed by atoms with E-state index in [4.69, 9.17) is 53.5 Å². The lowest BCUT2D eigenvalue weighted by Crippen LogP contribution is -2.47. The second-order valence-corrected chi connectivity index (χ2v) is 12.4. The molecule has 7 N–H and O–H groups in total. The van der Waals surface area contributed by atoms with E-state index in [1.54, 1.807) is 20.8 Å². The van der Waals surface area contributed by atoms with Crippen LogP contribution in [0.25, 0.3) is 0 Å². The number of carboxylic acids is 1. The minimum absolute atomic E-state index is 0.0238. The number of amides is 4. The van der Waals surface area contributed by atoms with Crippen molar-refractivity contribution >= 4 is 35.6 Å². The van der Waals surface area contributed by atoms with Gasteiger partial charge in [-0.15, -0.1) is 0 Å². The summed E-state index contributed by atoms with van der Waals surface area (Å²) in [6, 6.07) is -1.01. The van der Waals surface area contributed by atoms with Gasteiger partial charge in [-0.05, 0) is 27.2 Å². The molecule has 0 fully saturated rings. The molecule has 0 saturated heterocycles. The summed E-state index contributed by atoms with van der Waals surface area (Å²) >= 11 is 0. The first-order valence-corrected chi connectivity index (χ1v) is 18.2. The van der Waals surface area contributed by atoms with Gasteiger partial charge < -0.3 is 74.7 Å². The molecule has 0 bridgehead atoms. The zero-order chi connectivity index (χ0) is 41.0. The number of hydrogen-bond donors (Lipinski definition) is 6. The summed E-state index contributed by atoms with van der Waals surface area (Å²) < 4.78 is 48.0. The third-order valence-corrected chi connectivity index (χ3v) is 6.36. The molecular weight excluding hydrogens is 734 g/mol. The van der Waals surface area contributed by atoms with Crippen LogP contribution in [0.1, 0.15) is 40.0 Å². The van der Waals surface area contributed by atoms with E-state index in [2.05, 4.69) is 21.3 Å². The fraction of sp³-hybridized carbons (Fsp3) is 0.824. The van der Waals surface area contributed by atoms with E-state index in [1.165, 1.54) is 0 Å². The number of esters is 1. The molecule has 21 nitrogen and oxygen atoms in total. The van der Waals surface area contributed by atoms with Crippen LogP contribution in [0.2, 0.25) is 0 Å². The van der Waals surface area contributed by atoms with E-state index in [-0.39, 0.29) is 45.6 Å². The number of ether oxygens (including phenoxy) is 9. The molecule has 0 aromatic carbocycles. The fourth-order valence-electron chi connectivity index (χ4n) is 3.70. The third kappa shape index (κ3) is 38.5. The van der Waals surface area contributed by atoms with Crippen LogP contribution >= 0.6 is 0 Å². The van der Waals surface area contributed by atoms with Gasteiger partial charge in [0.2, 0.25) is 23.6 Å². The molecule has 0 spiro atoms. The first kappa shape index (κ1) is 51.5. The number of nitrogens with one attached hydrogen (secondary N) is 4. The molecule has 55 heavy (non-hydrogen) atoms. The van der Waals surface area contributed by atoms with Gasteiger partial charge in [0, 0.05) is 13.0 Å². The average Bonchev–Trinajstić information content (AvgIpc) is 3.13. The lowest BCUT2D eigenvalue weighted by atomic mass is 10.1. The summed E-state index contributed by atoms with van der Waals surface area (Å²) in [7, 11) is 0. The molecule has 0 radical (unpaired) electrons. The van der Waals surface area contributed by atoms with Crippen molar-refractivity contribution in [1.29, 1.82) is 0 Å². The van der Waals surface area contributed by atoms with Crippen LogP contribution in [0.3, 0.4) is 0 Å². The molecule has 0 aliphatic rings. The Morgan fingerprint density at radius 2 is 0.855 bits per heavy atom. The number of rotatable bonds is 37. The number of aliphatic carboxylic acids is 1. The van der Waals surface area contributed by atoms with E-state index in [9.17, 15) is 28.8 Å². The number of carbonyl (C=O) groups is 6. The van der Waals surface area contributed by atoms with Crippen LogP contribution in [0.5, 0.6) is 0 Å². The highest BCUT2D eigenvalue weighted by Crippen LogP contribution is 2.09. The van der Waals surface area contributed by atoms with Crippen molar-refractivity contribution in [3.63, 3.8) is 0 Å². The van der Waals surface area contributed by atoms with Gasteiger partial charge in [0.1, 0.15) is 5.60 Å². The van der Waals surface area contributed by atoms with Gasteiger partial charge >= 0.3 is 11.9 Å². The fourth-order valence-corrected chi connectivity index (χ4v) is 3.70. The van der Waals surface area contributed by atoms with Gasteiger partial charge in [-0.1, -0.05) is 0 Å². The highest BCUT2D eigenvalue weighted by atomic mass is 16.6. The number of nitrogens with two attached hydrogens (primary N) is 1. The van der Waals surface area contributed by atoms with Crippen molar-refractivity contribution in [2.75, 3.05) is 132 Å². The summed E-state index contributed by atoms with van der Waals surface area (Å²) in [5.41, 5.74) is 5.10. The second kappa shape index (κ2) is 34.9. The van der Waals surface area contributed by atoms with Crippen molar-refractivity contribution in [3.05, 3.63) is 0 Å². The van der Waals surface area contributed by atoms with Crippen molar-refractivity contribution in [2.24, 2.45) is 5.73 Å². The van der Waals surface area contributed by atoms with Crippen LogP contribution < -0.4 is 27.0 Å². The van der Waals surface area contributed by atoms with Gasteiger partial charge in [0.15, 0.2) is 0 Å². The minimum Gasteiger partial charge on any atom is -0.481 e. The zero-order valence-corrected chi connectivity index (χ0v) is 32.5. The van der Waals surface area contributed by atoms with Crippen LogP contribution in [-0.2, 0) is 71.4 Å². The summed E-state index contributed by atoms with van der Waals surface area (Å²) in [5.74, 6) is -3.69. The van der Waals surface area contributed by atoms with Gasteiger partial charge in [0.25, 0.3) is 0 Å². The van der Waals surface area contributed by atoms with E-state index in [0.717, 1.165) is 0 Å². The highest BCUT2D eigenvalue weighted by Gasteiger charge is 2.20. The quantitative estimate of drug-likeness (QED) is 0.0280.